The molecule has 0 unspecified atom stereocenters. The van der Waals surface area contributed by atoms with E-state index in [4.69, 9.17) is 5.26 Å². The van der Waals surface area contributed by atoms with Gasteiger partial charge in [-0.1, -0.05) is 6.07 Å². The highest BCUT2D eigenvalue weighted by molar-refractivity contribution is 7.89. The van der Waals surface area contributed by atoms with E-state index in [0.29, 0.717) is 10.9 Å². The molecule has 1 aliphatic rings. The van der Waals surface area contributed by atoms with E-state index < -0.39 is 10.0 Å². The van der Waals surface area contributed by atoms with Crippen LogP contribution in [0.25, 0.3) is 10.9 Å². The Morgan fingerprint density at radius 2 is 2.14 bits per heavy atom. The average molecular weight is 315 g/mol. The van der Waals surface area contributed by atoms with E-state index in [2.05, 4.69) is 4.98 Å². The fraction of sp³-hybridized carbons (Fsp3) is 0.375. The third kappa shape index (κ3) is 2.58. The van der Waals surface area contributed by atoms with Crippen LogP contribution in [0, 0.1) is 18.3 Å². The molecule has 0 bridgehead atoms. The van der Waals surface area contributed by atoms with Gasteiger partial charge >= 0.3 is 0 Å². The zero-order chi connectivity index (χ0) is 15.7. The van der Waals surface area contributed by atoms with Crippen LogP contribution < -0.4 is 0 Å². The zero-order valence-corrected chi connectivity index (χ0v) is 13.2. The zero-order valence-electron chi connectivity index (χ0n) is 12.4. The van der Waals surface area contributed by atoms with Crippen molar-refractivity contribution in [2.24, 2.45) is 0 Å². The fourth-order valence-corrected chi connectivity index (χ4v) is 4.53. The van der Waals surface area contributed by atoms with Gasteiger partial charge in [0.1, 0.15) is 0 Å². The number of fused-ring (bicyclic) bond motifs is 1. The highest BCUT2D eigenvalue weighted by atomic mass is 32.2. The minimum atomic E-state index is -3.61. The van der Waals surface area contributed by atoms with Crippen molar-refractivity contribution in [2.45, 2.75) is 37.1 Å². The first-order valence-electron chi connectivity index (χ1n) is 7.29. The molecule has 1 aromatic heterocycles. The second kappa shape index (κ2) is 5.67. The lowest BCUT2D eigenvalue weighted by Crippen LogP contribution is -2.34. The predicted octanol–water partition coefficient (Wildman–Crippen LogP) is 2.61. The predicted molar refractivity (Wildman–Crippen MR) is 83.6 cm³/mol. The quantitative estimate of drug-likeness (QED) is 0.850. The molecule has 5 nitrogen and oxygen atoms in total. The molecule has 1 heterocycles. The van der Waals surface area contributed by atoms with Gasteiger partial charge in [-0.05, 0) is 43.5 Å². The highest BCUT2D eigenvalue weighted by Gasteiger charge is 2.38. The molecule has 3 rings (SSSR count). The fourth-order valence-electron chi connectivity index (χ4n) is 2.66. The monoisotopic (exact) mass is 315 g/mol. The molecule has 0 aliphatic heterocycles. The van der Waals surface area contributed by atoms with Gasteiger partial charge in [-0.3, -0.25) is 4.98 Å². The lowest BCUT2D eigenvalue weighted by Gasteiger charge is -2.21. The Balaban J connectivity index is 2.13. The van der Waals surface area contributed by atoms with Crippen molar-refractivity contribution in [3.8, 4) is 6.07 Å². The second-order valence-electron chi connectivity index (χ2n) is 5.54. The highest BCUT2D eigenvalue weighted by Crippen LogP contribution is 2.34. The number of pyridine rings is 1. The molecule has 6 heteroatoms. The standard InChI is InChI=1S/C16H17N3O2S/c1-12-5-8-15(14-4-2-10-18-16(12)14)22(20,21)19(11-3-9-17)13-6-7-13/h2,4-5,8,10,13H,3,6-7,11H2,1H3. The lowest BCUT2D eigenvalue weighted by atomic mass is 10.1. The number of rotatable bonds is 5. The van der Waals surface area contributed by atoms with Gasteiger partial charge in [0.05, 0.1) is 16.5 Å². The summed E-state index contributed by atoms with van der Waals surface area (Å²) in [6.45, 7) is 2.17. The first-order chi connectivity index (χ1) is 10.6. The first-order valence-corrected chi connectivity index (χ1v) is 8.73. The molecule has 0 spiro atoms. The number of hydrogen-bond acceptors (Lipinski definition) is 4. The van der Waals surface area contributed by atoms with E-state index in [1.165, 1.54) is 4.31 Å². The maximum Gasteiger partial charge on any atom is 0.244 e. The molecule has 0 radical (unpaired) electrons. The average Bonchev–Trinajstić information content (AvgIpc) is 3.32. The van der Waals surface area contributed by atoms with Crippen molar-refractivity contribution < 1.29 is 8.42 Å². The summed E-state index contributed by atoms with van der Waals surface area (Å²) in [7, 11) is -3.61. The molecule has 0 N–H and O–H groups in total. The summed E-state index contributed by atoms with van der Waals surface area (Å²) in [5.74, 6) is 0. The van der Waals surface area contributed by atoms with Crippen molar-refractivity contribution in [2.75, 3.05) is 6.54 Å². The minimum Gasteiger partial charge on any atom is -0.256 e. The molecule has 1 aliphatic carbocycles. The Kier molecular flexibility index (Phi) is 3.85. The summed E-state index contributed by atoms with van der Waals surface area (Å²) in [6.07, 6.45) is 3.61. The summed E-state index contributed by atoms with van der Waals surface area (Å²) >= 11 is 0. The Morgan fingerprint density at radius 1 is 1.36 bits per heavy atom. The Morgan fingerprint density at radius 3 is 2.82 bits per heavy atom. The van der Waals surface area contributed by atoms with Crippen LogP contribution in [0.15, 0.2) is 35.4 Å². The third-order valence-electron chi connectivity index (χ3n) is 3.92. The van der Waals surface area contributed by atoms with Crippen molar-refractivity contribution in [1.29, 1.82) is 5.26 Å². The molecule has 114 valence electrons. The second-order valence-corrected chi connectivity index (χ2v) is 7.39. The molecular weight excluding hydrogens is 298 g/mol. The van der Waals surface area contributed by atoms with E-state index in [9.17, 15) is 8.42 Å². The molecule has 0 atom stereocenters. The van der Waals surface area contributed by atoms with Crippen LogP contribution in [0.3, 0.4) is 0 Å². The van der Waals surface area contributed by atoms with Crippen molar-refractivity contribution >= 4 is 20.9 Å². The maximum absolute atomic E-state index is 13.0. The first kappa shape index (κ1) is 14.9. The van der Waals surface area contributed by atoms with Crippen LogP contribution in [0.5, 0.6) is 0 Å². The van der Waals surface area contributed by atoms with Crippen LogP contribution in [0.4, 0.5) is 0 Å². The summed E-state index contributed by atoms with van der Waals surface area (Å²) in [6, 6.07) is 9.04. The molecule has 1 aromatic carbocycles. The van der Waals surface area contributed by atoms with Gasteiger partial charge < -0.3 is 0 Å². The van der Waals surface area contributed by atoms with E-state index in [0.717, 1.165) is 18.4 Å². The number of sulfonamides is 1. The topological polar surface area (TPSA) is 74.1 Å². The van der Waals surface area contributed by atoms with Crippen LogP contribution in [-0.2, 0) is 10.0 Å². The number of hydrogen-bond donors (Lipinski definition) is 0. The van der Waals surface area contributed by atoms with Crippen molar-refractivity contribution in [1.82, 2.24) is 9.29 Å². The summed E-state index contributed by atoms with van der Waals surface area (Å²) in [5, 5.41) is 9.42. The number of aryl methyl sites for hydroxylation is 1. The minimum absolute atomic E-state index is 0.0337. The van der Waals surface area contributed by atoms with Crippen molar-refractivity contribution in [3.63, 3.8) is 0 Å². The Labute approximate surface area is 130 Å². The lowest BCUT2D eigenvalue weighted by molar-refractivity contribution is 0.411. The maximum atomic E-state index is 13.0. The van der Waals surface area contributed by atoms with Gasteiger partial charge in [-0.25, -0.2) is 8.42 Å². The normalized spacial score (nSPS) is 15.1. The SMILES string of the molecule is Cc1ccc(S(=O)(=O)N(CCC#N)C2CC2)c2cccnc12. The summed E-state index contributed by atoms with van der Waals surface area (Å²) in [4.78, 5) is 4.58. The Hall–Kier alpha value is -1.97. The molecule has 1 saturated carbocycles. The van der Waals surface area contributed by atoms with E-state index in [-0.39, 0.29) is 23.9 Å². The molecule has 22 heavy (non-hydrogen) atoms. The number of nitriles is 1. The Bertz CT molecular complexity index is 851. The van der Waals surface area contributed by atoms with Crippen LogP contribution in [-0.4, -0.2) is 30.3 Å². The summed E-state index contributed by atoms with van der Waals surface area (Å²) in [5.41, 5.74) is 1.66. The number of benzene rings is 1. The molecular formula is C16H17N3O2S. The van der Waals surface area contributed by atoms with E-state index in [1.54, 1.807) is 30.5 Å². The van der Waals surface area contributed by atoms with Gasteiger partial charge in [0, 0.05) is 30.6 Å². The number of nitrogens with zero attached hydrogens (tertiary/aromatic N) is 3. The van der Waals surface area contributed by atoms with Crippen LogP contribution in [0.2, 0.25) is 0 Å². The molecule has 0 amide bonds. The number of aromatic nitrogens is 1. The van der Waals surface area contributed by atoms with E-state index in [1.807, 2.05) is 13.0 Å². The summed E-state index contributed by atoms with van der Waals surface area (Å²) < 4.78 is 27.5. The smallest absolute Gasteiger partial charge is 0.244 e. The van der Waals surface area contributed by atoms with Crippen molar-refractivity contribution in [3.05, 3.63) is 36.0 Å². The molecule has 2 aromatic rings. The molecule has 1 fully saturated rings. The van der Waals surface area contributed by atoms with E-state index >= 15 is 0 Å². The van der Waals surface area contributed by atoms with Gasteiger partial charge in [-0.2, -0.15) is 9.57 Å². The van der Waals surface area contributed by atoms with Gasteiger partial charge in [0.25, 0.3) is 0 Å². The van der Waals surface area contributed by atoms with Gasteiger partial charge in [0.15, 0.2) is 0 Å². The third-order valence-corrected chi connectivity index (χ3v) is 5.93. The molecule has 0 saturated heterocycles. The van der Waals surface area contributed by atoms with Crippen LogP contribution >= 0.6 is 0 Å². The van der Waals surface area contributed by atoms with Gasteiger partial charge in [-0.15, -0.1) is 0 Å². The largest absolute Gasteiger partial charge is 0.256 e. The van der Waals surface area contributed by atoms with Crippen LogP contribution in [0.1, 0.15) is 24.8 Å². The van der Waals surface area contributed by atoms with Gasteiger partial charge in [0.2, 0.25) is 10.0 Å².